The van der Waals surface area contributed by atoms with Crippen LogP contribution in [0.25, 0.3) is 0 Å². The van der Waals surface area contributed by atoms with Gasteiger partial charge in [0, 0.05) is 25.3 Å². The van der Waals surface area contributed by atoms with Crippen molar-refractivity contribution in [3.05, 3.63) is 52.8 Å². The summed E-state index contributed by atoms with van der Waals surface area (Å²) in [6.45, 7) is 7.99. The highest BCUT2D eigenvalue weighted by Crippen LogP contribution is 2.17. The van der Waals surface area contributed by atoms with Crippen molar-refractivity contribution in [3.63, 3.8) is 0 Å². The number of hydrogen-bond acceptors (Lipinski definition) is 3. The van der Waals surface area contributed by atoms with Crippen molar-refractivity contribution in [3.8, 4) is 0 Å². The lowest BCUT2D eigenvalue weighted by Crippen LogP contribution is -2.42. The lowest BCUT2D eigenvalue weighted by molar-refractivity contribution is -0.129. The first-order valence-electron chi connectivity index (χ1n) is 8.26. The molecule has 1 aromatic carbocycles. The monoisotopic (exact) mass is 327 g/mol. The number of aryl methyl sites for hydroxylation is 2. The van der Waals surface area contributed by atoms with Gasteiger partial charge >= 0.3 is 0 Å². The maximum absolute atomic E-state index is 12.9. The average Bonchev–Trinajstić information content (AvgIpc) is 2.84. The normalized spacial score (nSPS) is 12.0. The summed E-state index contributed by atoms with van der Waals surface area (Å²) in [5.41, 5.74) is 2.74. The third-order valence-corrected chi connectivity index (χ3v) is 4.51. The standard InChI is InChI=1S/C19H25N3O2/c1-6-13(2)22(12-16-10-8-7-9-11-16)19(24)18(23)17-14(3)20-21(5)15(17)4/h7-11,13H,6,12H2,1-5H3. The second-order valence-corrected chi connectivity index (χ2v) is 6.17. The molecule has 1 heterocycles. The van der Waals surface area contributed by atoms with Crippen LogP contribution in [0.15, 0.2) is 30.3 Å². The first-order valence-corrected chi connectivity index (χ1v) is 8.26. The number of amides is 1. The van der Waals surface area contributed by atoms with Gasteiger partial charge in [0.15, 0.2) is 0 Å². The maximum atomic E-state index is 12.9. The third kappa shape index (κ3) is 3.55. The molecule has 0 aliphatic heterocycles. The largest absolute Gasteiger partial charge is 0.329 e. The number of rotatable bonds is 6. The number of benzene rings is 1. The van der Waals surface area contributed by atoms with Gasteiger partial charge < -0.3 is 4.90 Å². The molecule has 0 bridgehead atoms. The fourth-order valence-electron chi connectivity index (χ4n) is 2.77. The van der Waals surface area contributed by atoms with Crippen LogP contribution < -0.4 is 0 Å². The molecular weight excluding hydrogens is 302 g/mol. The first kappa shape index (κ1) is 17.9. The first-order chi connectivity index (χ1) is 11.4. The average molecular weight is 327 g/mol. The number of carbonyl (C=O) groups is 2. The summed E-state index contributed by atoms with van der Waals surface area (Å²) in [7, 11) is 1.78. The predicted molar refractivity (Wildman–Crippen MR) is 93.8 cm³/mol. The number of Topliss-reactive ketones (excluding diaryl/α,β-unsaturated/α-hetero) is 1. The zero-order valence-electron chi connectivity index (χ0n) is 15.0. The molecule has 0 spiro atoms. The molecule has 1 atom stereocenters. The van der Waals surface area contributed by atoms with E-state index in [4.69, 9.17) is 0 Å². The minimum Gasteiger partial charge on any atom is -0.329 e. The van der Waals surface area contributed by atoms with E-state index in [0.29, 0.717) is 17.8 Å². The van der Waals surface area contributed by atoms with E-state index in [0.717, 1.165) is 17.7 Å². The van der Waals surface area contributed by atoms with Crippen LogP contribution in [0.3, 0.4) is 0 Å². The van der Waals surface area contributed by atoms with Crippen molar-refractivity contribution in [1.29, 1.82) is 0 Å². The van der Waals surface area contributed by atoms with Crippen LogP contribution in [0.2, 0.25) is 0 Å². The fourth-order valence-corrected chi connectivity index (χ4v) is 2.77. The van der Waals surface area contributed by atoms with E-state index >= 15 is 0 Å². The minimum absolute atomic E-state index is 0.0149. The quantitative estimate of drug-likeness (QED) is 0.605. The molecule has 0 saturated heterocycles. The summed E-state index contributed by atoms with van der Waals surface area (Å²) in [5.74, 6) is -0.943. The van der Waals surface area contributed by atoms with E-state index in [1.165, 1.54) is 0 Å². The van der Waals surface area contributed by atoms with E-state index in [1.807, 2.05) is 51.1 Å². The van der Waals surface area contributed by atoms with Gasteiger partial charge in [0.1, 0.15) is 0 Å². The second-order valence-electron chi connectivity index (χ2n) is 6.17. The summed E-state index contributed by atoms with van der Waals surface area (Å²) in [5, 5.41) is 4.25. The van der Waals surface area contributed by atoms with Gasteiger partial charge in [-0.1, -0.05) is 37.3 Å². The van der Waals surface area contributed by atoms with Crippen LogP contribution in [0.4, 0.5) is 0 Å². The van der Waals surface area contributed by atoms with E-state index in [2.05, 4.69) is 5.10 Å². The molecule has 0 fully saturated rings. The Balaban J connectivity index is 2.32. The van der Waals surface area contributed by atoms with Crippen LogP contribution in [-0.2, 0) is 18.4 Å². The van der Waals surface area contributed by atoms with Crippen molar-refractivity contribution >= 4 is 11.7 Å². The minimum atomic E-state index is -0.477. The Morgan fingerprint density at radius 1 is 1.21 bits per heavy atom. The molecule has 0 radical (unpaired) electrons. The van der Waals surface area contributed by atoms with E-state index in [-0.39, 0.29) is 6.04 Å². The van der Waals surface area contributed by atoms with Gasteiger partial charge in [0.2, 0.25) is 0 Å². The second kappa shape index (κ2) is 7.43. The summed E-state index contributed by atoms with van der Waals surface area (Å²) >= 11 is 0. The molecule has 2 rings (SSSR count). The lowest BCUT2D eigenvalue weighted by Gasteiger charge is -2.28. The predicted octanol–water partition coefficient (Wildman–Crippen LogP) is 3.05. The van der Waals surface area contributed by atoms with Crippen LogP contribution in [0, 0.1) is 13.8 Å². The van der Waals surface area contributed by atoms with Crippen LogP contribution in [0.1, 0.15) is 47.6 Å². The Labute approximate surface area is 143 Å². The summed E-state index contributed by atoms with van der Waals surface area (Å²) in [6, 6.07) is 9.73. The van der Waals surface area contributed by atoms with E-state index in [9.17, 15) is 9.59 Å². The molecule has 1 aromatic heterocycles. The Bertz CT molecular complexity index is 735. The van der Waals surface area contributed by atoms with Gasteiger partial charge in [-0.15, -0.1) is 0 Å². The molecule has 5 nitrogen and oxygen atoms in total. The Morgan fingerprint density at radius 3 is 2.33 bits per heavy atom. The summed E-state index contributed by atoms with van der Waals surface area (Å²) in [4.78, 5) is 27.4. The zero-order chi connectivity index (χ0) is 17.9. The molecule has 0 N–H and O–H groups in total. The molecule has 0 saturated carbocycles. The van der Waals surface area contributed by atoms with Crippen LogP contribution in [-0.4, -0.2) is 32.4 Å². The van der Waals surface area contributed by atoms with Gasteiger partial charge in [-0.25, -0.2) is 0 Å². The maximum Gasteiger partial charge on any atom is 0.295 e. The van der Waals surface area contributed by atoms with Crippen LogP contribution in [0.5, 0.6) is 0 Å². The van der Waals surface area contributed by atoms with Gasteiger partial charge in [-0.05, 0) is 32.8 Å². The molecule has 0 aliphatic carbocycles. The molecule has 2 aromatic rings. The smallest absolute Gasteiger partial charge is 0.295 e. The topological polar surface area (TPSA) is 55.2 Å². The fraction of sp³-hybridized carbons (Fsp3) is 0.421. The molecular formula is C19H25N3O2. The number of carbonyl (C=O) groups excluding carboxylic acids is 2. The number of nitrogens with zero attached hydrogens (tertiary/aromatic N) is 3. The van der Waals surface area contributed by atoms with Crippen molar-refractivity contribution in [2.45, 2.75) is 46.7 Å². The van der Waals surface area contributed by atoms with Crippen molar-refractivity contribution < 1.29 is 9.59 Å². The van der Waals surface area contributed by atoms with E-state index in [1.54, 1.807) is 23.6 Å². The Morgan fingerprint density at radius 2 is 1.83 bits per heavy atom. The van der Waals surface area contributed by atoms with Crippen LogP contribution >= 0.6 is 0 Å². The lowest BCUT2D eigenvalue weighted by atomic mass is 10.1. The Kier molecular flexibility index (Phi) is 5.54. The third-order valence-electron chi connectivity index (χ3n) is 4.51. The van der Waals surface area contributed by atoms with Crippen molar-refractivity contribution in [2.24, 2.45) is 7.05 Å². The summed E-state index contributed by atoms with van der Waals surface area (Å²) in [6.07, 6.45) is 0.789. The van der Waals surface area contributed by atoms with Crippen molar-refractivity contribution in [1.82, 2.24) is 14.7 Å². The molecule has 1 unspecified atom stereocenters. The number of ketones is 1. The SMILES string of the molecule is CCC(C)N(Cc1ccccc1)C(=O)C(=O)c1c(C)nn(C)c1C. The molecule has 128 valence electrons. The van der Waals surface area contributed by atoms with Gasteiger partial charge in [-0.2, -0.15) is 5.10 Å². The summed E-state index contributed by atoms with van der Waals surface area (Å²) < 4.78 is 1.64. The molecule has 0 aliphatic rings. The van der Waals surface area contributed by atoms with Gasteiger partial charge in [0.05, 0.1) is 11.3 Å². The molecule has 24 heavy (non-hydrogen) atoms. The number of hydrogen-bond donors (Lipinski definition) is 0. The van der Waals surface area contributed by atoms with E-state index < -0.39 is 11.7 Å². The number of aromatic nitrogens is 2. The highest BCUT2D eigenvalue weighted by atomic mass is 16.2. The highest BCUT2D eigenvalue weighted by Gasteiger charge is 2.30. The van der Waals surface area contributed by atoms with Crippen molar-refractivity contribution in [2.75, 3.05) is 0 Å². The Hall–Kier alpha value is -2.43. The zero-order valence-corrected chi connectivity index (χ0v) is 15.0. The van der Waals surface area contributed by atoms with Gasteiger partial charge in [0.25, 0.3) is 11.7 Å². The molecule has 1 amide bonds. The molecule has 5 heteroatoms. The highest BCUT2D eigenvalue weighted by molar-refractivity contribution is 6.43. The van der Waals surface area contributed by atoms with Gasteiger partial charge in [-0.3, -0.25) is 14.3 Å².